The van der Waals surface area contributed by atoms with E-state index >= 15 is 0 Å². The molecule has 0 atom stereocenters. The minimum atomic E-state index is 0.160. The molecule has 0 unspecified atom stereocenters. The van der Waals surface area contributed by atoms with Crippen LogP contribution in [0.3, 0.4) is 0 Å². The lowest BCUT2D eigenvalue weighted by Crippen LogP contribution is -2.11. The van der Waals surface area contributed by atoms with E-state index in [0.29, 0.717) is 6.61 Å². The number of hydrogen-bond donors (Lipinski definition) is 0. The molecule has 0 radical (unpaired) electrons. The Kier molecular flexibility index (Phi) is 4.56. The Morgan fingerprint density at radius 3 is 2.41 bits per heavy atom. The zero-order chi connectivity index (χ0) is 12.9. The predicted molar refractivity (Wildman–Crippen MR) is 74.7 cm³/mol. The van der Waals surface area contributed by atoms with Gasteiger partial charge in [-0.2, -0.15) is 0 Å². The SMILES string of the molecule is C=CCOc1ccc(C(C)(C)C)cc1CC=C. The minimum absolute atomic E-state index is 0.160. The molecule has 0 saturated heterocycles. The molecule has 0 aliphatic carbocycles. The number of allylic oxidation sites excluding steroid dienone is 1. The Bertz CT molecular complexity index is 396. The van der Waals surface area contributed by atoms with Gasteiger partial charge in [0, 0.05) is 0 Å². The second kappa shape index (κ2) is 5.72. The summed E-state index contributed by atoms with van der Waals surface area (Å²) in [6.07, 6.45) is 4.49. The third-order valence-corrected chi connectivity index (χ3v) is 2.65. The largest absolute Gasteiger partial charge is 0.489 e. The van der Waals surface area contributed by atoms with E-state index < -0.39 is 0 Å². The molecule has 0 aliphatic rings. The maximum Gasteiger partial charge on any atom is 0.123 e. The Hall–Kier alpha value is -1.50. The topological polar surface area (TPSA) is 9.23 Å². The van der Waals surface area contributed by atoms with Crippen molar-refractivity contribution in [2.24, 2.45) is 0 Å². The van der Waals surface area contributed by atoms with E-state index in [2.05, 4.69) is 46.1 Å². The van der Waals surface area contributed by atoms with Crippen LogP contribution in [0.1, 0.15) is 31.9 Å². The number of rotatable bonds is 5. The molecule has 0 amide bonds. The van der Waals surface area contributed by atoms with E-state index in [0.717, 1.165) is 12.2 Å². The average molecular weight is 230 g/mol. The summed E-state index contributed by atoms with van der Waals surface area (Å²) >= 11 is 0. The molecule has 0 N–H and O–H groups in total. The molecular weight excluding hydrogens is 208 g/mol. The fraction of sp³-hybridized carbons (Fsp3) is 0.375. The molecule has 0 aliphatic heterocycles. The molecule has 92 valence electrons. The fourth-order valence-electron chi connectivity index (χ4n) is 1.65. The Morgan fingerprint density at radius 1 is 1.18 bits per heavy atom. The summed E-state index contributed by atoms with van der Waals surface area (Å²) in [6, 6.07) is 6.38. The van der Waals surface area contributed by atoms with E-state index in [1.807, 2.05) is 12.1 Å². The lowest BCUT2D eigenvalue weighted by Gasteiger charge is -2.21. The van der Waals surface area contributed by atoms with Crippen LogP contribution < -0.4 is 4.74 Å². The molecule has 0 saturated carbocycles. The number of hydrogen-bond acceptors (Lipinski definition) is 1. The van der Waals surface area contributed by atoms with Crippen molar-refractivity contribution in [2.45, 2.75) is 32.6 Å². The molecular formula is C16H22O. The van der Waals surface area contributed by atoms with E-state index in [-0.39, 0.29) is 5.41 Å². The monoisotopic (exact) mass is 230 g/mol. The maximum atomic E-state index is 5.64. The lowest BCUT2D eigenvalue weighted by atomic mass is 9.85. The van der Waals surface area contributed by atoms with Gasteiger partial charge in [0.2, 0.25) is 0 Å². The second-order valence-electron chi connectivity index (χ2n) is 5.16. The van der Waals surface area contributed by atoms with Crippen molar-refractivity contribution in [3.05, 3.63) is 54.6 Å². The molecule has 0 fully saturated rings. The highest BCUT2D eigenvalue weighted by Crippen LogP contribution is 2.28. The summed E-state index contributed by atoms with van der Waals surface area (Å²) in [5.41, 5.74) is 2.67. The van der Waals surface area contributed by atoms with Crippen molar-refractivity contribution in [3.8, 4) is 5.75 Å². The van der Waals surface area contributed by atoms with Gasteiger partial charge in [0.05, 0.1) is 0 Å². The predicted octanol–water partition coefficient (Wildman–Crippen LogP) is 4.28. The van der Waals surface area contributed by atoms with Gasteiger partial charge in [-0.1, -0.05) is 51.6 Å². The first-order chi connectivity index (χ1) is 7.99. The summed E-state index contributed by atoms with van der Waals surface area (Å²) in [7, 11) is 0. The van der Waals surface area contributed by atoms with Crippen LogP contribution in [0.2, 0.25) is 0 Å². The quantitative estimate of drug-likeness (QED) is 0.686. The summed E-state index contributed by atoms with van der Waals surface area (Å²) in [5.74, 6) is 0.929. The van der Waals surface area contributed by atoms with Crippen molar-refractivity contribution >= 4 is 0 Å². The van der Waals surface area contributed by atoms with Gasteiger partial charge in [-0.25, -0.2) is 0 Å². The van der Waals surface area contributed by atoms with Crippen molar-refractivity contribution in [1.82, 2.24) is 0 Å². The van der Waals surface area contributed by atoms with Crippen LogP contribution in [0.5, 0.6) is 5.75 Å². The molecule has 1 aromatic rings. The third kappa shape index (κ3) is 3.77. The van der Waals surface area contributed by atoms with E-state index in [4.69, 9.17) is 4.74 Å². The number of benzene rings is 1. The zero-order valence-corrected chi connectivity index (χ0v) is 11.1. The van der Waals surface area contributed by atoms with Crippen LogP contribution in [-0.4, -0.2) is 6.61 Å². The maximum absolute atomic E-state index is 5.64. The van der Waals surface area contributed by atoms with Gasteiger partial charge in [0.25, 0.3) is 0 Å². The smallest absolute Gasteiger partial charge is 0.123 e. The van der Waals surface area contributed by atoms with E-state index in [1.54, 1.807) is 6.08 Å². The van der Waals surface area contributed by atoms with Crippen LogP contribution in [0, 0.1) is 0 Å². The molecule has 1 nitrogen and oxygen atoms in total. The Labute approximate surface area is 105 Å². The summed E-state index contributed by atoms with van der Waals surface area (Å²) in [4.78, 5) is 0. The summed E-state index contributed by atoms with van der Waals surface area (Å²) in [5, 5.41) is 0. The van der Waals surface area contributed by atoms with Crippen molar-refractivity contribution in [1.29, 1.82) is 0 Å². The minimum Gasteiger partial charge on any atom is -0.489 e. The van der Waals surface area contributed by atoms with Crippen LogP contribution in [0.25, 0.3) is 0 Å². The van der Waals surface area contributed by atoms with Crippen molar-refractivity contribution in [2.75, 3.05) is 6.61 Å². The normalized spacial score (nSPS) is 11.0. The molecule has 1 rings (SSSR count). The van der Waals surface area contributed by atoms with Gasteiger partial charge in [0.15, 0.2) is 0 Å². The lowest BCUT2D eigenvalue weighted by molar-refractivity contribution is 0.359. The fourth-order valence-corrected chi connectivity index (χ4v) is 1.65. The summed E-state index contributed by atoms with van der Waals surface area (Å²) < 4.78 is 5.64. The van der Waals surface area contributed by atoms with E-state index in [1.165, 1.54) is 11.1 Å². The van der Waals surface area contributed by atoms with Gasteiger partial charge in [0.1, 0.15) is 12.4 Å². The molecule has 0 bridgehead atoms. The van der Waals surface area contributed by atoms with Gasteiger partial charge in [-0.15, -0.1) is 6.58 Å². The molecule has 0 aromatic heterocycles. The van der Waals surface area contributed by atoms with E-state index in [9.17, 15) is 0 Å². The van der Waals surface area contributed by atoms with Crippen LogP contribution in [0.4, 0.5) is 0 Å². The first kappa shape index (κ1) is 13.6. The van der Waals surface area contributed by atoms with Gasteiger partial charge < -0.3 is 4.74 Å². The van der Waals surface area contributed by atoms with Gasteiger partial charge >= 0.3 is 0 Å². The molecule has 17 heavy (non-hydrogen) atoms. The van der Waals surface area contributed by atoms with Crippen LogP contribution in [0.15, 0.2) is 43.5 Å². The standard InChI is InChI=1S/C16H22O/c1-6-8-13-12-14(16(3,4)5)9-10-15(13)17-11-7-2/h6-7,9-10,12H,1-2,8,11H2,3-5H3. The van der Waals surface area contributed by atoms with Crippen LogP contribution in [-0.2, 0) is 11.8 Å². The van der Waals surface area contributed by atoms with Crippen molar-refractivity contribution < 1.29 is 4.74 Å². The van der Waals surface area contributed by atoms with Crippen LogP contribution >= 0.6 is 0 Å². The van der Waals surface area contributed by atoms with Gasteiger partial charge in [-0.05, 0) is 29.0 Å². The molecule has 1 aromatic carbocycles. The zero-order valence-electron chi connectivity index (χ0n) is 11.1. The Balaban J connectivity index is 3.07. The molecule has 0 heterocycles. The van der Waals surface area contributed by atoms with Gasteiger partial charge in [-0.3, -0.25) is 0 Å². The highest BCUT2D eigenvalue weighted by Gasteiger charge is 2.15. The molecule has 0 spiro atoms. The molecule has 1 heteroatoms. The first-order valence-electron chi connectivity index (χ1n) is 5.97. The second-order valence-corrected chi connectivity index (χ2v) is 5.16. The number of ether oxygens (including phenoxy) is 1. The Morgan fingerprint density at radius 2 is 1.88 bits per heavy atom. The summed E-state index contributed by atoms with van der Waals surface area (Å²) in [6.45, 7) is 14.6. The highest BCUT2D eigenvalue weighted by atomic mass is 16.5. The van der Waals surface area contributed by atoms with Crippen molar-refractivity contribution in [3.63, 3.8) is 0 Å². The average Bonchev–Trinajstić information content (AvgIpc) is 2.26. The third-order valence-electron chi connectivity index (χ3n) is 2.65. The first-order valence-corrected chi connectivity index (χ1v) is 5.97. The highest BCUT2D eigenvalue weighted by molar-refractivity contribution is 5.40.